The number of hydrogen-bond acceptors (Lipinski definition) is 8. The lowest BCUT2D eigenvalue weighted by molar-refractivity contribution is -0.143. The van der Waals surface area contributed by atoms with E-state index in [2.05, 4.69) is 4.90 Å². The summed E-state index contributed by atoms with van der Waals surface area (Å²) in [4.78, 5) is 47.3. The van der Waals surface area contributed by atoms with Crippen LogP contribution in [-0.2, 0) is 24.7 Å². The lowest BCUT2D eigenvalue weighted by atomic mass is 9.81. The molecule has 1 N–H and O–H groups in total. The first-order valence-corrected chi connectivity index (χ1v) is 13.9. The maximum Gasteiger partial charge on any atom is 0.296 e. The smallest absolute Gasteiger partial charge is 0.296 e. The molecule has 0 saturated carbocycles. The standard InChI is InChI=1S/C30H33N3O7/c1-2-10-32-22-7-4-3-6-21(22)30(29(32)37)25(26(34)20-8-9-23-24(19-20)40-18-17-39-23)27(35)28(36)33(30)12-5-11-31-13-15-38-16-14-31/h3-4,6-9,19,34H,2,5,10-18H2,1H3/b26-25+. The summed E-state index contributed by atoms with van der Waals surface area (Å²) in [6, 6.07) is 12.1. The lowest BCUT2D eigenvalue weighted by Gasteiger charge is -2.35. The van der Waals surface area contributed by atoms with Gasteiger partial charge in [-0.15, -0.1) is 0 Å². The van der Waals surface area contributed by atoms with Gasteiger partial charge in [0.1, 0.15) is 19.0 Å². The Labute approximate surface area is 232 Å². The van der Waals surface area contributed by atoms with E-state index >= 15 is 0 Å². The number of likely N-dealkylation sites (tertiary alicyclic amines) is 1. The van der Waals surface area contributed by atoms with Crippen molar-refractivity contribution in [3.63, 3.8) is 0 Å². The van der Waals surface area contributed by atoms with Crippen LogP contribution in [0.5, 0.6) is 11.5 Å². The second-order valence-electron chi connectivity index (χ2n) is 10.4. The van der Waals surface area contributed by atoms with Crippen LogP contribution in [0.25, 0.3) is 5.76 Å². The molecule has 210 valence electrons. The Morgan fingerprint density at radius 3 is 2.45 bits per heavy atom. The maximum atomic E-state index is 14.5. The number of aliphatic hydroxyl groups is 1. The number of ether oxygens (including phenoxy) is 3. The molecule has 2 aromatic rings. The van der Waals surface area contributed by atoms with Crippen LogP contribution in [0.4, 0.5) is 5.69 Å². The van der Waals surface area contributed by atoms with Gasteiger partial charge in [-0.1, -0.05) is 25.1 Å². The summed E-state index contributed by atoms with van der Waals surface area (Å²) < 4.78 is 16.7. The van der Waals surface area contributed by atoms with Gasteiger partial charge in [0.25, 0.3) is 17.6 Å². The number of benzene rings is 2. The van der Waals surface area contributed by atoms with Crippen LogP contribution in [0.1, 0.15) is 30.9 Å². The van der Waals surface area contributed by atoms with Gasteiger partial charge in [0, 0.05) is 43.9 Å². The van der Waals surface area contributed by atoms with Crippen molar-refractivity contribution in [1.29, 1.82) is 0 Å². The summed E-state index contributed by atoms with van der Waals surface area (Å²) in [5, 5.41) is 11.7. The molecule has 1 unspecified atom stereocenters. The van der Waals surface area contributed by atoms with Gasteiger partial charge in [0.2, 0.25) is 0 Å². The molecule has 0 bridgehead atoms. The number of Topliss-reactive ketones (excluding diaryl/α,β-unsaturated/α-hetero) is 1. The molecule has 0 aliphatic carbocycles. The first kappa shape index (κ1) is 26.3. The molecular formula is C30H33N3O7. The van der Waals surface area contributed by atoms with E-state index in [4.69, 9.17) is 14.2 Å². The number of para-hydroxylation sites is 1. The highest BCUT2D eigenvalue weighted by Crippen LogP contribution is 2.54. The third-order valence-corrected chi connectivity index (χ3v) is 8.03. The van der Waals surface area contributed by atoms with Crippen molar-refractivity contribution in [3.8, 4) is 11.5 Å². The number of morpholine rings is 1. The maximum absolute atomic E-state index is 14.5. The number of rotatable bonds is 7. The van der Waals surface area contributed by atoms with Crippen molar-refractivity contribution < 1.29 is 33.7 Å². The molecule has 4 aliphatic heterocycles. The highest BCUT2D eigenvalue weighted by Gasteiger charge is 2.66. The third-order valence-electron chi connectivity index (χ3n) is 8.03. The van der Waals surface area contributed by atoms with E-state index in [0.29, 0.717) is 75.1 Å². The number of ketones is 1. The predicted octanol–water partition coefficient (Wildman–Crippen LogP) is 2.51. The van der Waals surface area contributed by atoms with Crippen LogP contribution >= 0.6 is 0 Å². The Bertz CT molecular complexity index is 1380. The largest absolute Gasteiger partial charge is 0.507 e. The van der Waals surface area contributed by atoms with Crippen LogP contribution in [0.3, 0.4) is 0 Å². The fourth-order valence-corrected chi connectivity index (χ4v) is 6.22. The second kappa shape index (κ2) is 10.6. The molecule has 10 heteroatoms. The van der Waals surface area contributed by atoms with Gasteiger partial charge in [0.05, 0.1) is 24.5 Å². The van der Waals surface area contributed by atoms with Crippen molar-refractivity contribution in [2.24, 2.45) is 0 Å². The fourth-order valence-electron chi connectivity index (χ4n) is 6.22. The van der Waals surface area contributed by atoms with E-state index in [1.165, 1.54) is 4.90 Å². The molecule has 1 atom stereocenters. The molecule has 0 radical (unpaired) electrons. The molecule has 2 saturated heterocycles. The van der Waals surface area contributed by atoms with Gasteiger partial charge in [-0.3, -0.25) is 19.3 Å². The molecule has 10 nitrogen and oxygen atoms in total. The van der Waals surface area contributed by atoms with E-state index in [-0.39, 0.29) is 17.7 Å². The van der Waals surface area contributed by atoms with Gasteiger partial charge in [0.15, 0.2) is 17.0 Å². The first-order valence-electron chi connectivity index (χ1n) is 13.9. The lowest BCUT2D eigenvalue weighted by Crippen LogP contribution is -2.52. The number of anilines is 1. The zero-order valence-electron chi connectivity index (χ0n) is 22.6. The van der Waals surface area contributed by atoms with Crippen LogP contribution in [0, 0.1) is 0 Å². The number of carbonyl (C=O) groups is 3. The van der Waals surface area contributed by atoms with Crippen molar-refractivity contribution in [3.05, 3.63) is 59.2 Å². The molecule has 40 heavy (non-hydrogen) atoms. The summed E-state index contributed by atoms with van der Waals surface area (Å²) in [7, 11) is 0. The average Bonchev–Trinajstić information content (AvgIpc) is 3.36. The van der Waals surface area contributed by atoms with Crippen molar-refractivity contribution in [2.45, 2.75) is 25.3 Å². The number of hydrogen-bond donors (Lipinski definition) is 1. The van der Waals surface area contributed by atoms with Crippen LogP contribution in [0.2, 0.25) is 0 Å². The van der Waals surface area contributed by atoms with E-state index in [0.717, 1.165) is 13.1 Å². The van der Waals surface area contributed by atoms with Crippen LogP contribution < -0.4 is 14.4 Å². The number of nitrogens with zero attached hydrogens (tertiary/aromatic N) is 3. The molecule has 6 rings (SSSR count). The second-order valence-corrected chi connectivity index (χ2v) is 10.4. The zero-order chi connectivity index (χ0) is 27.9. The summed E-state index contributed by atoms with van der Waals surface area (Å²) in [6.45, 7) is 6.91. The average molecular weight is 548 g/mol. The van der Waals surface area contributed by atoms with Gasteiger partial charge < -0.3 is 29.1 Å². The summed E-state index contributed by atoms with van der Waals surface area (Å²) >= 11 is 0. The highest BCUT2D eigenvalue weighted by atomic mass is 16.6. The van der Waals surface area contributed by atoms with E-state index in [1.54, 1.807) is 35.2 Å². The minimum absolute atomic E-state index is 0.180. The van der Waals surface area contributed by atoms with Gasteiger partial charge in [-0.05, 0) is 37.1 Å². The minimum Gasteiger partial charge on any atom is -0.507 e. The molecule has 0 aromatic heterocycles. The van der Waals surface area contributed by atoms with Crippen molar-refractivity contribution in [1.82, 2.24) is 9.80 Å². The van der Waals surface area contributed by atoms with E-state index < -0.39 is 28.9 Å². The third kappa shape index (κ3) is 4.05. The van der Waals surface area contributed by atoms with E-state index in [1.807, 2.05) is 19.1 Å². The topological polar surface area (TPSA) is 109 Å². The Morgan fingerprint density at radius 1 is 0.925 bits per heavy atom. The molecule has 2 amide bonds. The van der Waals surface area contributed by atoms with Gasteiger partial charge >= 0.3 is 0 Å². The zero-order valence-corrected chi connectivity index (χ0v) is 22.6. The van der Waals surface area contributed by atoms with E-state index in [9.17, 15) is 19.5 Å². The van der Waals surface area contributed by atoms with Gasteiger partial charge in [-0.2, -0.15) is 0 Å². The fraction of sp³-hybridized carbons (Fsp3) is 0.433. The summed E-state index contributed by atoms with van der Waals surface area (Å²) in [5.74, 6) is -1.53. The molecule has 2 fully saturated rings. The first-order chi connectivity index (χ1) is 19.5. The monoisotopic (exact) mass is 547 g/mol. The molecular weight excluding hydrogens is 514 g/mol. The molecule has 4 heterocycles. The molecule has 2 aromatic carbocycles. The Hall–Kier alpha value is -3.89. The normalized spacial score (nSPS) is 23.8. The molecule has 1 spiro atoms. The number of aliphatic hydroxyl groups excluding tert-OH is 1. The van der Waals surface area contributed by atoms with Crippen molar-refractivity contribution in [2.75, 3.05) is 64.1 Å². The van der Waals surface area contributed by atoms with Crippen LogP contribution in [0.15, 0.2) is 48.0 Å². The Balaban J connectivity index is 1.48. The summed E-state index contributed by atoms with van der Waals surface area (Å²) in [5.41, 5.74) is -0.533. The molecule has 4 aliphatic rings. The predicted molar refractivity (Wildman–Crippen MR) is 146 cm³/mol. The van der Waals surface area contributed by atoms with Crippen LogP contribution in [-0.4, -0.2) is 91.7 Å². The Kier molecular flexibility index (Phi) is 6.97. The quantitative estimate of drug-likeness (QED) is 0.320. The Morgan fingerprint density at radius 2 is 1.68 bits per heavy atom. The SMILES string of the molecule is CCCN1C(=O)C2(/C(=C(/O)c3ccc4c(c3)OCCO4)C(=O)C(=O)N2CCCN2CCOCC2)c2ccccc21. The number of amides is 2. The van der Waals surface area contributed by atoms with Crippen molar-refractivity contribution >= 4 is 29.0 Å². The highest BCUT2D eigenvalue weighted by molar-refractivity contribution is 6.50. The van der Waals surface area contributed by atoms with Gasteiger partial charge in [-0.25, -0.2) is 0 Å². The number of carbonyl (C=O) groups excluding carboxylic acids is 3. The summed E-state index contributed by atoms with van der Waals surface area (Å²) in [6.07, 6.45) is 1.24. The minimum atomic E-state index is -1.76. The number of fused-ring (bicyclic) bond motifs is 3.